The Hall–Kier alpha value is -1.51. The second kappa shape index (κ2) is 3.76. The lowest BCUT2D eigenvalue weighted by atomic mass is 10.1. The summed E-state index contributed by atoms with van der Waals surface area (Å²) < 4.78 is 5.08. The van der Waals surface area contributed by atoms with Crippen molar-refractivity contribution in [2.75, 3.05) is 7.11 Å². The first-order chi connectivity index (χ1) is 5.79. The third-order valence-corrected chi connectivity index (χ3v) is 1.65. The van der Waals surface area contributed by atoms with Crippen LogP contribution in [0.5, 0.6) is 5.75 Å². The molecule has 0 radical (unpaired) electrons. The molecule has 0 unspecified atom stereocenters. The van der Waals surface area contributed by atoms with Gasteiger partial charge in [0.05, 0.1) is 12.8 Å². The van der Waals surface area contributed by atoms with Gasteiger partial charge in [0, 0.05) is 5.56 Å². The van der Waals surface area contributed by atoms with Crippen LogP contribution < -0.4 is 4.74 Å². The molecule has 64 valence electrons. The Balaban J connectivity index is 3.13. The average Bonchev–Trinajstić information content (AvgIpc) is 2.16. The van der Waals surface area contributed by atoms with E-state index in [0.29, 0.717) is 11.5 Å². The molecule has 0 aromatic heterocycles. The molecule has 0 spiro atoms. The van der Waals surface area contributed by atoms with Gasteiger partial charge >= 0.3 is 0 Å². The van der Waals surface area contributed by atoms with Crippen LogP contribution in [0, 0.1) is 0 Å². The number of hydrogen-bond acceptors (Lipinski definition) is 3. The zero-order valence-corrected chi connectivity index (χ0v) is 7.11. The molecule has 0 heterocycles. The molecule has 0 amide bonds. The number of para-hydroxylation sites is 1. The Bertz CT molecular complexity index is 294. The minimum Gasteiger partial charge on any atom is -0.496 e. The van der Waals surface area contributed by atoms with Gasteiger partial charge in [0.25, 0.3) is 0 Å². The molecule has 0 bridgehead atoms. The number of hydrogen-bond donors (Lipinski definition) is 1. The molecule has 1 N–H and O–H groups in total. The van der Waals surface area contributed by atoms with Gasteiger partial charge in [-0.25, -0.2) is 0 Å². The number of benzene rings is 1. The molecular formula is C9H11NO2. The molecule has 0 saturated carbocycles. The molecule has 3 nitrogen and oxygen atoms in total. The fourth-order valence-electron chi connectivity index (χ4n) is 0.997. The number of rotatable bonds is 2. The van der Waals surface area contributed by atoms with E-state index in [1.165, 1.54) is 0 Å². The van der Waals surface area contributed by atoms with Crippen molar-refractivity contribution >= 4 is 5.71 Å². The maximum Gasteiger partial charge on any atom is 0.128 e. The minimum atomic E-state index is 0.549. The van der Waals surface area contributed by atoms with E-state index in [2.05, 4.69) is 5.16 Å². The molecule has 0 aliphatic carbocycles. The van der Waals surface area contributed by atoms with Gasteiger partial charge in [0.1, 0.15) is 5.75 Å². The Kier molecular flexibility index (Phi) is 2.69. The summed E-state index contributed by atoms with van der Waals surface area (Å²) in [5, 5.41) is 11.6. The van der Waals surface area contributed by atoms with E-state index >= 15 is 0 Å². The predicted octanol–water partition coefficient (Wildman–Crippen LogP) is 1.89. The first-order valence-electron chi connectivity index (χ1n) is 3.61. The van der Waals surface area contributed by atoms with Crippen molar-refractivity contribution in [1.29, 1.82) is 0 Å². The molecule has 12 heavy (non-hydrogen) atoms. The maximum atomic E-state index is 8.54. The first-order valence-corrected chi connectivity index (χ1v) is 3.61. The summed E-state index contributed by atoms with van der Waals surface area (Å²) in [7, 11) is 1.59. The van der Waals surface area contributed by atoms with E-state index in [-0.39, 0.29) is 0 Å². The number of ether oxygens (including phenoxy) is 1. The SMILES string of the molecule is COc1ccccc1/C(C)=N/O. The summed E-state index contributed by atoms with van der Waals surface area (Å²) in [5.41, 5.74) is 1.36. The Morgan fingerprint density at radius 2 is 2.08 bits per heavy atom. The normalized spacial score (nSPS) is 11.3. The van der Waals surface area contributed by atoms with Gasteiger partial charge in [-0.15, -0.1) is 0 Å². The topological polar surface area (TPSA) is 41.8 Å². The van der Waals surface area contributed by atoms with Crippen LogP contribution in [0.4, 0.5) is 0 Å². The van der Waals surface area contributed by atoms with Crippen molar-refractivity contribution in [1.82, 2.24) is 0 Å². The van der Waals surface area contributed by atoms with E-state index in [1.807, 2.05) is 24.3 Å². The van der Waals surface area contributed by atoms with Crippen LogP contribution in [-0.2, 0) is 0 Å². The first kappa shape index (κ1) is 8.59. The van der Waals surface area contributed by atoms with Crippen molar-refractivity contribution in [2.45, 2.75) is 6.92 Å². The summed E-state index contributed by atoms with van der Waals surface area (Å²) in [5.74, 6) is 0.716. The van der Waals surface area contributed by atoms with Crippen LogP contribution in [0.1, 0.15) is 12.5 Å². The van der Waals surface area contributed by atoms with Crippen LogP contribution in [0.3, 0.4) is 0 Å². The maximum absolute atomic E-state index is 8.54. The summed E-state index contributed by atoms with van der Waals surface area (Å²) in [6.07, 6.45) is 0. The zero-order chi connectivity index (χ0) is 8.97. The fourth-order valence-corrected chi connectivity index (χ4v) is 0.997. The van der Waals surface area contributed by atoms with Gasteiger partial charge in [-0.05, 0) is 19.1 Å². The molecule has 3 heteroatoms. The highest BCUT2D eigenvalue weighted by Gasteiger charge is 2.03. The Morgan fingerprint density at radius 3 is 2.67 bits per heavy atom. The van der Waals surface area contributed by atoms with Gasteiger partial charge in [-0.2, -0.15) is 0 Å². The highest BCUT2D eigenvalue weighted by atomic mass is 16.5. The number of nitrogens with zero attached hydrogens (tertiary/aromatic N) is 1. The highest BCUT2D eigenvalue weighted by molar-refractivity contribution is 6.00. The summed E-state index contributed by atoms with van der Waals surface area (Å²) in [4.78, 5) is 0. The van der Waals surface area contributed by atoms with Crippen molar-refractivity contribution in [3.63, 3.8) is 0 Å². The summed E-state index contributed by atoms with van der Waals surface area (Å²) >= 11 is 0. The monoisotopic (exact) mass is 165 g/mol. The van der Waals surface area contributed by atoms with Crippen molar-refractivity contribution in [2.24, 2.45) is 5.16 Å². The Morgan fingerprint density at radius 1 is 1.42 bits per heavy atom. The van der Waals surface area contributed by atoms with Crippen LogP contribution in [0.2, 0.25) is 0 Å². The van der Waals surface area contributed by atoms with Gasteiger partial charge < -0.3 is 9.94 Å². The zero-order valence-electron chi connectivity index (χ0n) is 7.11. The minimum absolute atomic E-state index is 0.549. The molecule has 0 aliphatic heterocycles. The van der Waals surface area contributed by atoms with E-state index < -0.39 is 0 Å². The lowest BCUT2D eigenvalue weighted by molar-refractivity contribution is 0.318. The van der Waals surface area contributed by atoms with E-state index in [4.69, 9.17) is 9.94 Å². The second-order valence-electron chi connectivity index (χ2n) is 2.39. The van der Waals surface area contributed by atoms with E-state index in [1.54, 1.807) is 14.0 Å². The Labute approximate surface area is 71.3 Å². The molecule has 0 atom stereocenters. The quantitative estimate of drug-likeness (QED) is 0.413. The standard InChI is InChI=1S/C9H11NO2/c1-7(10-11)8-5-3-4-6-9(8)12-2/h3-6,11H,1-2H3/b10-7+. The predicted molar refractivity (Wildman–Crippen MR) is 47.0 cm³/mol. The summed E-state index contributed by atoms with van der Waals surface area (Å²) in [6, 6.07) is 7.40. The smallest absolute Gasteiger partial charge is 0.128 e. The fraction of sp³-hybridized carbons (Fsp3) is 0.222. The van der Waals surface area contributed by atoms with Gasteiger partial charge in [0.2, 0.25) is 0 Å². The molecule has 0 saturated heterocycles. The lowest BCUT2D eigenvalue weighted by Gasteiger charge is -2.05. The summed E-state index contributed by atoms with van der Waals surface area (Å²) in [6.45, 7) is 1.72. The molecule has 1 aromatic rings. The van der Waals surface area contributed by atoms with Gasteiger partial charge in [-0.3, -0.25) is 0 Å². The third-order valence-electron chi connectivity index (χ3n) is 1.65. The molecule has 0 aliphatic rings. The molecular weight excluding hydrogens is 154 g/mol. The van der Waals surface area contributed by atoms with Crippen molar-refractivity contribution in [3.8, 4) is 5.75 Å². The van der Waals surface area contributed by atoms with Crippen LogP contribution >= 0.6 is 0 Å². The number of oxime groups is 1. The lowest BCUT2D eigenvalue weighted by Crippen LogP contribution is -1.98. The van der Waals surface area contributed by atoms with Gasteiger partial charge in [0.15, 0.2) is 0 Å². The molecule has 1 rings (SSSR count). The second-order valence-corrected chi connectivity index (χ2v) is 2.39. The van der Waals surface area contributed by atoms with E-state index in [0.717, 1.165) is 5.56 Å². The van der Waals surface area contributed by atoms with Crippen LogP contribution in [0.25, 0.3) is 0 Å². The van der Waals surface area contributed by atoms with Gasteiger partial charge in [-0.1, -0.05) is 17.3 Å². The van der Waals surface area contributed by atoms with E-state index in [9.17, 15) is 0 Å². The highest BCUT2D eigenvalue weighted by Crippen LogP contribution is 2.17. The molecule has 0 fully saturated rings. The van der Waals surface area contributed by atoms with Crippen LogP contribution in [0.15, 0.2) is 29.4 Å². The van der Waals surface area contributed by atoms with Crippen molar-refractivity contribution in [3.05, 3.63) is 29.8 Å². The average molecular weight is 165 g/mol. The number of methoxy groups -OCH3 is 1. The molecule has 1 aromatic carbocycles. The third kappa shape index (κ3) is 1.56. The van der Waals surface area contributed by atoms with Crippen molar-refractivity contribution < 1.29 is 9.94 Å². The largest absolute Gasteiger partial charge is 0.496 e. The van der Waals surface area contributed by atoms with Crippen LogP contribution in [-0.4, -0.2) is 18.0 Å².